The molecule has 0 bridgehead atoms. The predicted octanol–water partition coefficient (Wildman–Crippen LogP) is 2.92. The number of sulfonamides is 1. The van der Waals surface area contributed by atoms with Crippen molar-refractivity contribution in [1.82, 2.24) is 4.31 Å². The summed E-state index contributed by atoms with van der Waals surface area (Å²) in [5.41, 5.74) is -0.0173. The maximum atomic E-state index is 13.9. The van der Waals surface area contributed by atoms with Gasteiger partial charge in [0.2, 0.25) is 10.0 Å². The van der Waals surface area contributed by atoms with E-state index in [-0.39, 0.29) is 28.5 Å². The number of nitrogens with one attached hydrogen (secondary N) is 1. The van der Waals surface area contributed by atoms with E-state index in [1.165, 1.54) is 27.9 Å². The molecule has 2 heterocycles. The molecule has 1 N–H and O–H groups in total. The second-order valence-electron chi connectivity index (χ2n) is 5.21. The highest BCUT2D eigenvalue weighted by molar-refractivity contribution is 9.10. The fourth-order valence-electron chi connectivity index (χ4n) is 2.36. The molecule has 0 spiro atoms. The van der Waals surface area contributed by atoms with Crippen LogP contribution in [-0.4, -0.2) is 44.9 Å². The Labute approximate surface area is 156 Å². The lowest BCUT2D eigenvalue weighted by Crippen LogP contribution is -2.41. The Morgan fingerprint density at radius 1 is 1.28 bits per heavy atom. The van der Waals surface area contributed by atoms with Crippen molar-refractivity contribution >= 4 is 48.9 Å². The van der Waals surface area contributed by atoms with E-state index in [9.17, 15) is 17.6 Å². The van der Waals surface area contributed by atoms with Gasteiger partial charge >= 0.3 is 0 Å². The summed E-state index contributed by atoms with van der Waals surface area (Å²) < 4.78 is 46.4. The number of amides is 1. The summed E-state index contributed by atoms with van der Waals surface area (Å²) in [4.78, 5) is 12.4. The zero-order chi connectivity index (χ0) is 18.0. The molecule has 1 amide bonds. The van der Waals surface area contributed by atoms with Gasteiger partial charge in [-0.15, -0.1) is 11.3 Å². The third-order valence-electron chi connectivity index (χ3n) is 3.60. The number of anilines is 1. The first kappa shape index (κ1) is 18.5. The minimum Gasteiger partial charge on any atom is -0.379 e. The fourth-order valence-corrected chi connectivity index (χ4v) is 5.40. The van der Waals surface area contributed by atoms with Crippen molar-refractivity contribution in [3.63, 3.8) is 0 Å². The summed E-state index contributed by atoms with van der Waals surface area (Å²) in [6.07, 6.45) is 0. The molecule has 2 aromatic rings. The summed E-state index contributed by atoms with van der Waals surface area (Å²) in [5, 5.41) is 3.95. The van der Waals surface area contributed by atoms with Gasteiger partial charge in [-0.3, -0.25) is 4.79 Å². The minimum absolute atomic E-state index is 0.0173. The number of thiophene rings is 1. The molecule has 0 saturated carbocycles. The number of hydrogen-bond donors (Lipinski definition) is 1. The first-order valence-corrected chi connectivity index (χ1v) is 10.4. The summed E-state index contributed by atoms with van der Waals surface area (Å²) in [7, 11) is -3.80. The molecule has 134 valence electrons. The summed E-state index contributed by atoms with van der Waals surface area (Å²) in [6, 6.07) is 5.59. The molecule has 25 heavy (non-hydrogen) atoms. The van der Waals surface area contributed by atoms with Crippen molar-refractivity contribution in [1.29, 1.82) is 0 Å². The van der Waals surface area contributed by atoms with Gasteiger partial charge in [0.1, 0.15) is 15.6 Å². The summed E-state index contributed by atoms with van der Waals surface area (Å²) in [6.45, 7) is 1.10. The molecule has 0 atom stereocenters. The highest BCUT2D eigenvalue weighted by Crippen LogP contribution is 2.27. The molecule has 6 nitrogen and oxygen atoms in total. The molecular weight excluding hydrogens is 435 g/mol. The lowest BCUT2D eigenvalue weighted by atomic mass is 10.3. The van der Waals surface area contributed by atoms with E-state index in [2.05, 4.69) is 21.2 Å². The molecule has 1 aromatic heterocycles. The number of hydrogen-bond acceptors (Lipinski definition) is 5. The van der Waals surface area contributed by atoms with Crippen LogP contribution in [0.2, 0.25) is 0 Å². The van der Waals surface area contributed by atoms with E-state index in [0.29, 0.717) is 17.7 Å². The fraction of sp³-hybridized carbons (Fsp3) is 0.267. The first-order chi connectivity index (χ1) is 11.9. The number of carbonyl (C=O) groups excluding carboxylic acids is 1. The number of carbonyl (C=O) groups is 1. The van der Waals surface area contributed by atoms with Gasteiger partial charge in [-0.1, -0.05) is 15.9 Å². The standard InChI is InChI=1S/C15H14BrFN2O4S2/c16-10-1-2-12(11(17)9-10)18-15(20)14-13(3-8-24-14)25(21,22)19-4-6-23-7-5-19/h1-3,8-9H,4-7H2,(H,18,20). The van der Waals surface area contributed by atoms with Gasteiger partial charge in [0.15, 0.2) is 0 Å². The van der Waals surface area contributed by atoms with Crippen molar-refractivity contribution in [2.45, 2.75) is 4.90 Å². The molecule has 10 heteroatoms. The highest BCUT2D eigenvalue weighted by Gasteiger charge is 2.31. The van der Waals surface area contributed by atoms with Gasteiger partial charge in [0.25, 0.3) is 5.91 Å². The third-order valence-corrected chi connectivity index (χ3v) is 7.08. The zero-order valence-electron chi connectivity index (χ0n) is 12.9. The van der Waals surface area contributed by atoms with Gasteiger partial charge in [-0.2, -0.15) is 4.31 Å². The second-order valence-corrected chi connectivity index (χ2v) is 8.95. The molecule has 0 aliphatic carbocycles. The van der Waals surface area contributed by atoms with Crippen LogP contribution in [-0.2, 0) is 14.8 Å². The number of nitrogens with zero attached hydrogens (tertiary/aromatic N) is 1. The lowest BCUT2D eigenvalue weighted by Gasteiger charge is -2.26. The Kier molecular flexibility index (Phi) is 5.54. The Hall–Kier alpha value is -1.33. The maximum absolute atomic E-state index is 13.9. The largest absolute Gasteiger partial charge is 0.379 e. The van der Waals surface area contributed by atoms with Crippen LogP contribution in [0.15, 0.2) is 39.0 Å². The smallest absolute Gasteiger partial charge is 0.267 e. The van der Waals surface area contributed by atoms with Crippen LogP contribution in [0.5, 0.6) is 0 Å². The SMILES string of the molecule is O=C(Nc1ccc(Br)cc1F)c1sccc1S(=O)(=O)N1CCOCC1. The Bertz CT molecular complexity index is 895. The van der Waals surface area contributed by atoms with Crippen molar-refractivity contribution < 1.29 is 22.3 Å². The van der Waals surface area contributed by atoms with Crippen LogP contribution in [0, 0.1) is 5.82 Å². The van der Waals surface area contributed by atoms with Crippen molar-refractivity contribution in [3.05, 3.63) is 44.8 Å². The van der Waals surface area contributed by atoms with Gasteiger partial charge in [-0.05, 0) is 29.6 Å². The van der Waals surface area contributed by atoms with Crippen LogP contribution in [0.4, 0.5) is 10.1 Å². The average molecular weight is 449 g/mol. The Morgan fingerprint density at radius 2 is 2.00 bits per heavy atom. The second kappa shape index (κ2) is 7.50. The average Bonchev–Trinajstić information content (AvgIpc) is 3.09. The number of halogens is 2. The van der Waals surface area contributed by atoms with Crippen LogP contribution in [0.25, 0.3) is 0 Å². The van der Waals surface area contributed by atoms with Crippen LogP contribution in [0.3, 0.4) is 0 Å². The summed E-state index contributed by atoms with van der Waals surface area (Å²) in [5.74, 6) is -1.28. The zero-order valence-corrected chi connectivity index (χ0v) is 16.1. The molecule has 1 aromatic carbocycles. The molecule has 0 radical (unpaired) electrons. The maximum Gasteiger partial charge on any atom is 0.267 e. The van der Waals surface area contributed by atoms with Gasteiger partial charge in [0.05, 0.1) is 18.9 Å². The van der Waals surface area contributed by atoms with Gasteiger partial charge in [-0.25, -0.2) is 12.8 Å². The van der Waals surface area contributed by atoms with E-state index >= 15 is 0 Å². The normalized spacial score (nSPS) is 15.9. The van der Waals surface area contributed by atoms with Crippen molar-refractivity contribution in [3.8, 4) is 0 Å². The topological polar surface area (TPSA) is 75.7 Å². The quantitative estimate of drug-likeness (QED) is 0.779. The number of morpholine rings is 1. The summed E-state index contributed by atoms with van der Waals surface area (Å²) >= 11 is 4.13. The number of benzene rings is 1. The van der Waals surface area contributed by atoms with Crippen LogP contribution < -0.4 is 5.32 Å². The molecule has 1 saturated heterocycles. The molecular formula is C15H14BrFN2O4S2. The molecule has 1 aliphatic heterocycles. The van der Waals surface area contributed by atoms with Crippen LogP contribution >= 0.6 is 27.3 Å². The van der Waals surface area contributed by atoms with E-state index in [1.54, 1.807) is 6.07 Å². The van der Waals surface area contributed by atoms with Crippen LogP contribution in [0.1, 0.15) is 9.67 Å². The van der Waals surface area contributed by atoms with Crippen molar-refractivity contribution in [2.75, 3.05) is 31.6 Å². The predicted molar refractivity (Wildman–Crippen MR) is 96.0 cm³/mol. The third kappa shape index (κ3) is 3.93. The Morgan fingerprint density at radius 3 is 2.68 bits per heavy atom. The minimum atomic E-state index is -3.80. The first-order valence-electron chi connectivity index (χ1n) is 7.31. The monoisotopic (exact) mass is 448 g/mol. The Balaban J connectivity index is 1.86. The van der Waals surface area contributed by atoms with Gasteiger partial charge < -0.3 is 10.1 Å². The molecule has 1 aliphatic rings. The molecule has 1 fully saturated rings. The lowest BCUT2D eigenvalue weighted by molar-refractivity contribution is 0.0730. The van der Waals surface area contributed by atoms with E-state index < -0.39 is 21.7 Å². The van der Waals surface area contributed by atoms with E-state index in [0.717, 1.165) is 11.3 Å². The molecule has 3 rings (SSSR count). The number of ether oxygens (including phenoxy) is 1. The molecule has 0 unspecified atom stereocenters. The number of rotatable bonds is 4. The van der Waals surface area contributed by atoms with Gasteiger partial charge in [0, 0.05) is 17.6 Å². The van der Waals surface area contributed by atoms with E-state index in [1.807, 2.05) is 0 Å². The van der Waals surface area contributed by atoms with E-state index in [4.69, 9.17) is 4.74 Å². The van der Waals surface area contributed by atoms with Crippen molar-refractivity contribution in [2.24, 2.45) is 0 Å². The highest BCUT2D eigenvalue weighted by atomic mass is 79.9.